The highest BCUT2D eigenvalue weighted by atomic mass is 79.9. The van der Waals surface area contributed by atoms with Gasteiger partial charge in [0.2, 0.25) is 0 Å². The molecule has 690 valence electrons. The molecular weight excluding hydrogens is 2190 g/mol. The van der Waals surface area contributed by atoms with Crippen molar-refractivity contribution >= 4 is 240 Å². The summed E-state index contributed by atoms with van der Waals surface area (Å²) in [6.45, 7) is 1.72. The summed E-state index contributed by atoms with van der Waals surface area (Å²) < 4.78 is 166. The van der Waals surface area contributed by atoms with Crippen molar-refractivity contribution in [2.45, 2.75) is 49.8 Å². The number of fused-ring (bicyclic) bond motifs is 4. The number of halogens is 7. The fraction of sp³-hybridized carbons (Fsp3) is 0.178. The number of aromatic nitrogens is 5. The van der Waals surface area contributed by atoms with Gasteiger partial charge in [-0.2, -0.15) is 0 Å². The number of aromatic carboxylic acids is 1. The number of amides is 2. The van der Waals surface area contributed by atoms with Crippen LogP contribution in [0, 0.1) is 20.2 Å². The molecule has 0 radical (unpaired) electrons. The van der Waals surface area contributed by atoms with Crippen LogP contribution in [0.15, 0.2) is 199 Å². The molecule has 0 aliphatic carbocycles. The summed E-state index contributed by atoms with van der Waals surface area (Å²) in [5.74, 6) is -7.52. The second-order valence-electron chi connectivity index (χ2n) is 25.0. The number of nitrogen functional groups attached to an aromatic ring is 1. The van der Waals surface area contributed by atoms with Crippen LogP contribution >= 0.6 is 103 Å². The third kappa shape index (κ3) is 25.5. The van der Waals surface area contributed by atoms with E-state index >= 15 is 0 Å². The zero-order valence-corrected chi connectivity index (χ0v) is 80.2. The van der Waals surface area contributed by atoms with Gasteiger partial charge in [-0.15, -0.1) is 12.4 Å². The summed E-state index contributed by atoms with van der Waals surface area (Å²) >= 11 is 15.6. The normalized spacial score (nSPS) is 13.4. The molecule has 44 nitrogen and oxygen atoms in total. The lowest BCUT2D eigenvalue weighted by atomic mass is 10.2. The van der Waals surface area contributed by atoms with Crippen molar-refractivity contribution in [3.63, 3.8) is 0 Å². The summed E-state index contributed by atoms with van der Waals surface area (Å²) in [5, 5.41) is 35.9. The van der Waals surface area contributed by atoms with Crippen molar-refractivity contribution in [3.8, 4) is 0 Å². The number of nitro groups is 2. The van der Waals surface area contributed by atoms with Crippen molar-refractivity contribution in [1.29, 1.82) is 0 Å². The average molecular weight is 2260 g/mol. The topological polar surface area (TPSA) is 633 Å². The lowest BCUT2D eigenvalue weighted by Crippen LogP contribution is -2.20. The van der Waals surface area contributed by atoms with Crippen LogP contribution in [0.3, 0.4) is 0 Å². The van der Waals surface area contributed by atoms with Gasteiger partial charge in [-0.05, 0) is 215 Å². The molecule has 1 unspecified atom stereocenters. The Morgan fingerprint density at radius 1 is 0.512 bits per heavy atom. The molecule has 3 aliphatic heterocycles. The highest BCUT2D eigenvalue weighted by Crippen LogP contribution is 2.37. The summed E-state index contributed by atoms with van der Waals surface area (Å²) in [5.41, 5.74) is 8.94. The highest BCUT2D eigenvalue weighted by Gasteiger charge is 2.37. The number of anilines is 3. The smallest absolute Gasteiger partial charge is 0.355 e. The average Bonchev–Trinajstić information content (AvgIpc) is 1.56. The number of ether oxygens (including phenoxy) is 8. The van der Waals surface area contributed by atoms with Crippen LogP contribution in [-0.2, 0) is 87.0 Å². The van der Waals surface area contributed by atoms with Gasteiger partial charge in [0.1, 0.15) is 43.2 Å². The van der Waals surface area contributed by atoms with E-state index in [0.29, 0.717) is 29.2 Å². The van der Waals surface area contributed by atoms with E-state index in [-0.39, 0.29) is 105 Å². The second-order valence-corrected chi connectivity index (χ2v) is 39.2. The summed E-state index contributed by atoms with van der Waals surface area (Å²) in [6.07, 6.45) is 10.5. The van der Waals surface area contributed by atoms with Crippen molar-refractivity contribution in [2.24, 2.45) is 5.73 Å². The number of nitrogens with zero attached hydrogens (tertiary/aromatic N) is 6. The molecule has 0 bridgehead atoms. The van der Waals surface area contributed by atoms with Crippen molar-refractivity contribution in [1.82, 2.24) is 20.9 Å². The van der Waals surface area contributed by atoms with Crippen molar-refractivity contribution in [2.75, 3.05) is 79.3 Å². The number of hydrogen-bond acceptors (Lipinski definition) is 34. The summed E-state index contributed by atoms with van der Waals surface area (Å²) in [4.78, 5) is 136. The standard InChI is InChI=1S/C14H11BrN2O8S.C14H13BrN2O6S.C13H9BrN2O5S.C12H7BrN2O5S.C8H6ClNO6S.C6H6BrNO2.C6H13NO.ClH/c1-24-13(18)8-3-4-12(10(5-8)17(20)21)26(22,23)16-7-9(15)6-11(16)14(19)25-2;1-22-13(18)8-3-4-12(10(16)5-8)24(20,21)17-7-9(15)6-11(17)14(19)23-2;1-21-13(18)7-2-3-11-9(4-7)15-12(17)10-5-8(14)6-16(10)22(11,19)20;13-7-4-9-11(16)14-8-3-6(12(17)18)1-2-10(8)21(19,20)15(9)5-7;1-16-8(11)5-2-3-7(17(9,14)15)6(4-5)10(12)13;1-10-6(9)5-2-4(7)3-8-5;7-4-3-6-2-1-5-8-6;/h3-7H,1-2H3;3-7H,16H2,1-2H3;2-6H,1H3,(H,15,17);1-5H,(H,14,16)(H,17,18);2-4H,1H3;2-3,8H,1H3;6H,1-5,7H2;1H. The maximum Gasteiger partial charge on any atom is 0.355 e. The maximum absolute atomic E-state index is 12.9. The quantitative estimate of drug-likeness (QED) is 0.0123. The van der Waals surface area contributed by atoms with Gasteiger partial charge in [-0.25, -0.2) is 96.3 Å². The number of carboxylic acids is 1. The highest BCUT2D eigenvalue weighted by molar-refractivity contribution is 9.11. The number of H-pyrrole nitrogens is 1. The number of aromatic amines is 1. The zero-order valence-electron chi connectivity index (χ0n) is 66.6. The maximum atomic E-state index is 12.9. The zero-order chi connectivity index (χ0) is 95.7. The molecule has 8 heterocycles. The van der Waals surface area contributed by atoms with Gasteiger partial charge in [0.25, 0.3) is 72.3 Å². The van der Waals surface area contributed by atoms with E-state index in [4.69, 9.17) is 32.0 Å². The van der Waals surface area contributed by atoms with Gasteiger partial charge >= 0.3 is 47.8 Å². The molecule has 8 N–H and O–H groups in total. The number of carbonyl (C=O) groups excluding carboxylic acids is 9. The molecule has 56 heteroatoms. The Hall–Kier alpha value is -11.6. The SMILES string of the molecule is COC(=O)c1cc(Br)c[nH]1.COC(=O)c1ccc(S(=O)(=O)Cl)c([N+](=O)[O-])c1.COC(=O)c1ccc(S(=O)(=O)n2cc(Br)cc2C(=O)OC)c(N)c1.COC(=O)c1ccc(S(=O)(=O)n2cc(Br)cc2C(=O)OC)c([N+](=O)[O-])c1.COC(=O)c1ccc2c(c1)NC(=O)c1cc(Br)cn1S2(=O)=O.Cl.NCCC1CCCO1.O=C(O)c1ccc2c(c1)NC(=O)c1cc(Br)cn1S2(=O)=O. The van der Waals surface area contributed by atoms with Crippen LogP contribution in [0.4, 0.5) is 28.4 Å². The van der Waals surface area contributed by atoms with E-state index in [1.165, 1.54) is 119 Å². The largest absolute Gasteiger partial charge is 0.478 e. The predicted molar refractivity (Wildman–Crippen MR) is 472 cm³/mol. The first kappa shape index (κ1) is 106. The monoisotopic (exact) mass is 2250 g/mol. The molecule has 1 fully saturated rings. The van der Waals surface area contributed by atoms with Crippen LogP contribution in [-0.4, -0.2) is 207 Å². The first-order valence-corrected chi connectivity index (χ1v) is 46.8. The van der Waals surface area contributed by atoms with Crippen molar-refractivity contribution < 1.29 is 143 Å². The molecule has 1 saturated heterocycles. The number of carboxylic acid groups (broad SMARTS) is 1. The van der Waals surface area contributed by atoms with E-state index in [1.54, 1.807) is 12.3 Å². The van der Waals surface area contributed by atoms with E-state index in [1.807, 2.05) is 0 Å². The van der Waals surface area contributed by atoms with Gasteiger partial charge in [0, 0.05) is 82.8 Å². The third-order valence-electron chi connectivity index (χ3n) is 16.9. The summed E-state index contributed by atoms with van der Waals surface area (Å²) in [7, 11) is -7.73. The number of benzene rings is 5. The second kappa shape index (κ2) is 45.1. The van der Waals surface area contributed by atoms with Gasteiger partial charge in [-0.3, -0.25) is 29.8 Å². The van der Waals surface area contributed by atoms with Crippen LogP contribution in [0.5, 0.6) is 0 Å². The minimum Gasteiger partial charge on any atom is -0.478 e. The van der Waals surface area contributed by atoms with Crippen LogP contribution < -0.4 is 22.1 Å². The molecule has 5 aromatic heterocycles. The van der Waals surface area contributed by atoms with E-state index < -0.39 is 134 Å². The van der Waals surface area contributed by atoms with Gasteiger partial charge in [-0.1, -0.05) is 0 Å². The Bertz CT molecular complexity index is 6710. The number of nitrogens with one attached hydrogen (secondary N) is 3. The molecule has 2 amide bonds. The molecule has 5 aromatic carbocycles. The van der Waals surface area contributed by atoms with Crippen LogP contribution in [0.2, 0.25) is 0 Å². The fourth-order valence-corrected chi connectivity index (χ4v) is 20.6. The fourth-order valence-electron chi connectivity index (χ4n) is 11.1. The van der Waals surface area contributed by atoms with Gasteiger partial charge in [0.05, 0.1) is 111 Å². The minimum absolute atomic E-state index is 0. The lowest BCUT2D eigenvalue weighted by Gasteiger charge is -2.12. The van der Waals surface area contributed by atoms with Crippen LogP contribution in [0.1, 0.15) is 123 Å². The molecule has 0 spiro atoms. The molecule has 129 heavy (non-hydrogen) atoms. The Balaban J connectivity index is 0.000000237. The minimum atomic E-state index is -4.54. The molecule has 13 rings (SSSR count). The van der Waals surface area contributed by atoms with E-state index in [2.05, 4.69) is 128 Å². The number of nitro benzene ring substituents is 2. The van der Waals surface area contributed by atoms with E-state index in [9.17, 15) is 110 Å². The number of methoxy groups -OCH3 is 7. The number of nitrogens with two attached hydrogens (primary N) is 2. The molecule has 1 atom stereocenters. The Morgan fingerprint density at radius 3 is 1.24 bits per heavy atom. The number of hydrogen-bond donors (Lipinski definition) is 6. The van der Waals surface area contributed by atoms with Crippen LogP contribution in [0.25, 0.3) is 0 Å². The molecule has 3 aliphatic rings. The number of esters is 7. The molecule has 10 aromatic rings. The first-order valence-electron chi connectivity index (χ1n) is 34.8. The number of carbonyl (C=O) groups is 10. The van der Waals surface area contributed by atoms with Gasteiger partial charge < -0.3 is 70.1 Å². The van der Waals surface area contributed by atoms with Gasteiger partial charge in [0.15, 0.2) is 9.79 Å². The first-order chi connectivity index (χ1) is 59.9. The van der Waals surface area contributed by atoms with E-state index in [0.717, 1.165) is 119 Å². The lowest BCUT2D eigenvalue weighted by molar-refractivity contribution is -0.388. The number of rotatable bonds is 17. The summed E-state index contributed by atoms with van der Waals surface area (Å²) in [6, 6.07) is 23.4. The molecular formula is C73H66Br5Cl2N11O33S5. The Labute approximate surface area is 783 Å². The molecule has 0 saturated carbocycles. The van der Waals surface area contributed by atoms with Crippen molar-refractivity contribution in [3.05, 3.63) is 251 Å². The Kier molecular flexibility index (Phi) is 37.2. The third-order valence-corrected chi connectivity index (χ3v) is 27.4. The Morgan fingerprint density at radius 2 is 0.876 bits per heavy atom. The predicted octanol–water partition coefficient (Wildman–Crippen LogP) is 11.0.